The molecule has 1 amide bonds. The molecular weight excluding hydrogens is 266 g/mol. The number of nitrogens with zero attached hydrogens (tertiary/aromatic N) is 1. The van der Waals surface area contributed by atoms with Crippen molar-refractivity contribution in [2.75, 3.05) is 11.1 Å². The van der Waals surface area contributed by atoms with E-state index in [1.54, 1.807) is 36.5 Å². The van der Waals surface area contributed by atoms with Gasteiger partial charge in [-0.05, 0) is 43.2 Å². The van der Waals surface area contributed by atoms with Crippen molar-refractivity contribution < 1.29 is 4.79 Å². The molecular formula is C16H19N3O2. The third-order valence-electron chi connectivity index (χ3n) is 3.29. The Kier molecular flexibility index (Phi) is 4.42. The molecule has 1 heterocycles. The number of pyridine rings is 1. The van der Waals surface area contributed by atoms with E-state index in [9.17, 15) is 9.59 Å². The molecule has 1 aromatic heterocycles. The molecule has 2 aromatic rings. The summed E-state index contributed by atoms with van der Waals surface area (Å²) in [5.74, 6) is -0.213. The molecule has 0 aliphatic rings. The average Bonchev–Trinajstić information content (AvgIpc) is 2.46. The molecule has 0 aliphatic carbocycles. The number of aromatic nitrogens is 1. The van der Waals surface area contributed by atoms with E-state index in [0.29, 0.717) is 17.8 Å². The van der Waals surface area contributed by atoms with Crippen molar-refractivity contribution in [3.63, 3.8) is 0 Å². The fourth-order valence-electron chi connectivity index (χ4n) is 2.16. The van der Waals surface area contributed by atoms with Gasteiger partial charge in [-0.2, -0.15) is 0 Å². The third kappa shape index (κ3) is 3.51. The fraction of sp³-hybridized carbons (Fsp3) is 0.250. The van der Waals surface area contributed by atoms with E-state index >= 15 is 0 Å². The van der Waals surface area contributed by atoms with Gasteiger partial charge in [0.15, 0.2) is 0 Å². The quantitative estimate of drug-likeness (QED) is 0.846. The van der Waals surface area contributed by atoms with Crippen LogP contribution in [0.4, 0.5) is 11.4 Å². The van der Waals surface area contributed by atoms with Crippen molar-refractivity contribution in [2.45, 2.75) is 26.3 Å². The number of carbonyl (C=O) groups is 1. The highest BCUT2D eigenvalue weighted by atomic mass is 16.2. The minimum absolute atomic E-state index is 0.181. The van der Waals surface area contributed by atoms with E-state index in [2.05, 4.69) is 5.32 Å². The summed E-state index contributed by atoms with van der Waals surface area (Å²) >= 11 is 0. The second-order valence-electron chi connectivity index (χ2n) is 4.99. The molecule has 1 unspecified atom stereocenters. The number of nitrogens with two attached hydrogens (primary N) is 1. The van der Waals surface area contributed by atoms with Gasteiger partial charge in [-0.25, -0.2) is 0 Å². The second kappa shape index (κ2) is 6.26. The first-order valence-corrected chi connectivity index (χ1v) is 6.86. The van der Waals surface area contributed by atoms with Crippen molar-refractivity contribution in [3.8, 4) is 0 Å². The summed E-state index contributed by atoms with van der Waals surface area (Å²) in [7, 11) is 0. The van der Waals surface area contributed by atoms with Gasteiger partial charge in [0.2, 0.25) is 5.91 Å². The Hall–Kier alpha value is -2.56. The SMILES string of the molecule is CCC(C(=O)Nc1ccc(N)cc1)n1cc(C)ccc1=O. The standard InChI is InChI=1S/C16H19N3O2/c1-3-14(19-10-11(2)4-9-15(19)20)16(21)18-13-7-5-12(17)6-8-13/h4-10,14H,3,17H2,1-2H3,(H,18,21). The molecule has 2 rings (SSSR count). The van der Waals surface area contributed by atoms with Crippen LogP contribution in [0.15, 0.2) is 47.4 Å². The average molecular weight is 285 g/mol. The maximum Gasteiger partial charge on any atom is 0.251 e. The van der Waals surface area contributed by atoms with Gasteiger partial charge >= 0.3 is 0 Å². The van der Waals surface area contributed by atoms with Gasteiger partial charge in [-0.3, -0.25) is 9.59 Å². The first-order chi connectivity index (χ1) is 10.0. The van der Waals surface area contributed by atoms with E-state index in [-0.39, 0.29) is 11.5 Å². The van der Waals surface area contributed by atoms with Crippen LogP contribution in [-0.2, 0) is 4.79 Å². The minimum atomic E-state index is -0.532. The summed E-state index contributed by atoms with van der Waals surface area (Å²) in [6.07, 6.45) is 2.24. The number of aryl methyl sites for hydroxylation is 1. The van der Waals surface area contributed by atoms with Gasteiger partial charge in [-0.1, -0.05) is 13.0 Å². The Morgan fingerprint density at radius 2 is 1.90 bits per heavy atom. The molecule has 1 aromatic carbocycles. The smallest absolute Gasteiger partial charge is 0.251 e. The molecule has 1 atom stereocenters. The first-order valence-electron chi connectivity index (χ1n) is 6.86. The van der Waals surface area contributed by atoms with Gasteiger partial charge in [-0.15, -0.1) is 0 Å². The Morgan fingerprint density at radius 3 is 2.52 bits per heavy atom. The molecule has 0 saturated carbocycles. The van der Waals surface area contributed by atoms with Crippen LogP contribution in [0.1, 0.15) is 24.9 Å². The molecule has 110 valence electrons. The molecule has 5 nitrogen and oxygen atoms in total. The van der Waals surface area contributed by atoms with Crippen LogP contribution in [0.25, 0.3) is 0 Å². The summed E-state index contributed by atoms with van der Waals surface area (Å²) in [6.45, 7) is 3.77. The van der Waals surface area contributed by atoms with Crippen LogP contribution in [0.2, 0.25) is 0 Å². The lowest BCUT2D eigenvalue weighted by Gasteiger charge is -2.18. The number of benzene rings is 1. The molecule has 0 fully saturated rings. The minimum Gasteiger partial charge on any atom is -0.399 e. The van der Waals surface area contributed by atoms with E-state index in [1.165, 1.54) is 10.6 Å². The van der Waals surface area contributed by atoms with E-state index in [0.717, 1.165) is 5.56 Å². The molecule has 0 saturated heterocycles. The summed E-state index contributed by atoms with van der Waals surface area (Å²) in [6, 6.07) is 9.59. The highest BCUT2D eigenvalue weighted by Gasteiger charge is 2.19. The lowest BCUT2D eigenvalue weighted by Crippen LogP contribution is -2.32. The maximum absolute atomic E-state index is 12.4. The van der Waals surface area contributed by atoms with Crippen LogP contribution in [0.3, 0.4) is 0 Å². The van der Waals surface area contributed by atoms with Gasteiger partial charge in [0.1, 0.15) is 6.04 Å². The molecule has 0 radical (unpaired) electrons. The molecule has 0 bridgehead atoms. The van der Waals surface area contributed by atoms with Gasteiger partial charge < -0.3 is 15.6 Å². The Morgan fingerprint density at radius 1 is 1.24 bits per heavy atom. The van der Waals surface area contributed by atoms with Crippen LogP contribution in [-0.4, -0.2) is 10.5 Å². The zero-order valence-electron chi connectivity index (χ0n) is 12.2. The fourth-order valence-corrected chi connectivity index (χ4v) is 2.16. The predicted octanol–water partition coefficient (Wildman–Crippen LogP) is 2.33. The van der Waals surface area contributed by atoms with E-state index < -0.39 is 6.04 Å². The zero-order chi connectivity index (χ0) is 15.4. The van der Waals surface area contributed by atoms with Crippen molar-refractivity contribution in [1.82, 2.24) is 4.57 Å². The van der Waals surface area contributed by atoms with Crippen LogP contribution < -0.4 is 16.6 Å². The zero-order valence-corrected chi connectivity index (χ0v) is 12.2. The van der Waals surface area contributed by atoms with Crippen LogP contribution >= 0.6 is 0 Å². The Labute approximate surface area is 123 Å². The number of hydrogen-bond acceptors (Lipinski definition) is 3. The highest BCUT2D eigenvalue weighted by molar-refractivity contribution is 5.93. The van der Waals surface area contributed by atoms with Crippen molar-refractivity contribution in [3.05, 3.63) is 58.5 Å². The number of anilines is 2. The van der Waals surface area contributed by atoms with Crippen molar-refractivity contribution in [2.24, 2.45) is 0 Å². The predicted molar refractivity (Wildman–Crippen MR) is 84.3 cm³/mol. The number of nitrogens with one attached hydrogen (secondary N) is 1. The Balaban J connectivity index is 2.24. The highest BCUT2D eigenvalue weighted by Crippen LogP contribution is 2.15. The number of carbonyl (C=O) groups excluding carboxylic acids is 1. The Bertz CT molecular complexity index is 689. The molecule has 5 heteroatoms. The van der Waals surface area contributed by atoms with E-state index in [4.69, 9.17) is 5.73 Å². The number of nitrogen functional groups attached to an aromatic ring is 1. The molecule has 0 aliphatic heterocycles. The van der Waals surface area contributed by atoms with Crippen LogP contribution in [0.5, 0.6) is 0 Å². The number of rotatable bonds is 4. The summed E-state index contributed by atoms with van der Waals surface area (Å²) < 4.78 is 1.47. The number of amides is 1. The van der Waals surface area contributed by atoms with Gasteiger partial charge in [0.25, 0.3) is 5.56 Å². The summed E-state index contributed by atoms with van der Waals surface area (Å²) in [5, 5.41) is 2.81. The summed E-state index contributed by atoms with van der Waals surface area (Å²) in [4.78, 5) is 24.3. The topological polar surface area (TPSA) is 77.1 Å². The molecule has 3 N–H and O–H groups in total. The van der Waals surface area contributed by atoms with Crippen molar-refractivity contribution in [1.29, 1.82) is 0 Å². The van der Waals surface area contributed by atoms with Crippen LogP contribution in [0, 0.1) is 6.92 Å². The summed E-state index contributed by atoms with van der Waals surface area (Å²) in [5.41, 5.74) is 7.67. The third-order valence-corrected chi connectivity index (χ3v) is 3.29. The van der Waals surface area contributed by atoms with E-state index in [1.807, 2.05) is 13.8 Å². The lowest BCUT2D eigenvalue weighted by atomic mass is 10.1. The van der Waals surface area contributed by atoms with Gasteiger partial charge in [0, 0.05) is 23.6 Å². The second-order valence-corrected chi connectivity index (χ2v) is 4.99. The molecule has 21 heavy (non-hydrogen) atoms. The molecule has 0 spiro atoms. The van der Waals surface area contributed by atoms with Gasteiger partial charge in [0.05, 0.1) is 0 Å². The first kappa shape index (κ1) is 14.8. The normalized spacial score (nSPS) is 11.9. The lowest BCUT2D eigenvalue weighted by molar-refractivity contribution is -0.119. The largest absolute Gasteiger partial charge is 0.399 e. The van der Waals surface area contributed by atoms with Crippen molar-refractivity contribution >= 4 is 17.3 Å². The maximum atomic E-state index is 12.4. The monoisotopic (exact) mass is 285 g/mol. The number of hydrogen-bond donors (Lipinski definition) is 2.